The molecule has 0 radical (unpaired) electrons. The minimum absolute atomic E-state index is 0.138. The highest BCUT2D eigenvalue weighted by Gasteiger charge is 2.31. The summed E-state index contributed by atoms with van der Waals surface area (Å²) >= 11 is 0. The standard InChI is InChI=1S/C33H39FN8O2/c1-23-14-24(17-36-16-23)19-42(26-4-3-7-40(22-26)29-18-35-5-6-37-29)21-25-20-41-12-13-44-33-30(41)27(32(25)43)15-28(34)31(33)39-10-8-38(2)9-11-39/h5-6,14-18,20,26H,3-4,7-13,19,21-22H2,1-2H3/t26-/m1/s1. The summed E-state index contributed by atoms with van der Waals surface area (Å²) in [5.74, 6) is 0.965. The van der Waals surface area contributed by atoms with E-state index in [1.54, 1.807) is 12.4 Å². The lowest BCUT2D eigenvalue weighted by Gasteiger charge is -2.40. The van der Waals surface area contributed by atoms with Crippen LogP contribution in [0.5, 0.6) is 5.75 Å². The topological polar surface area (TPSA) is 82.9 Å². The average molecular weight is 599 g/mol. The number of nitrogens with zero attached hydrogens (tertiary/aromatic N) is 8. The Kier molecular flexibility index (Phi) is 7.90. The zero-order chi connectivity index (χ0) is 30.2. The lowest BCUT2D eigenvalue weighted by atomic mass is 10.0. The van der Waals surface area contributed by atoms with E-state index in [1.165, 1.54) is 6.07 Å². The summed E-state index contributed by atoms with van der Waals surface area (Å²) in [6.45, 7) is 9.00. The Hall–Kier alpha value is -4.09. The van der Waals surface area contributed by atoms with Crippen molar-refractivity contribution in [3.05, 3.63) is 82.0 Å². The number of anilines is 2. The van der Waals surface area contributed by atoms with Crippen LogP contribution >= 0.6 is 0 Å². The third-order valence-corrected chi connectivity index (χ3v) is 9.19. The molecule has 230 valence electrons. The van der Waals surface area contributed by atoms with E-state index in [2.05, 4.69) is 52.2 Å². The second-order valence-electron chi connectivity index (χ2n) is 12.3. The number of hydrogen-bond acceptors (Lipinski definition) is 9. The van der Waals surface area contributed by atoms with Crippen molar-refractivity contribution >= 4 is 22.4 Å². The van der Waals surface area contributed by atoms with E-state index in [0.717, 1.165) is 56.0 Å². The highest BCUT2D eigenvalue weighted by molar-refractivity contribution is 5.92. The lowest BCUT2D eigenvalue weighted by molar-refractivity contribution is 0.157. The van der Waals surface area contributed by atoms with Gasteiger partial charge >= 0.3 is 0 Å². The Morgan fingerprint density at radius 3 is 2.66 bits per heavy atom. The molecule has 44 heavy (non-hydrogen) atoms. The summed E-state index contributed by atoms with van der Waals surface area (Å²) in [5, 5.41) is 0.384. The molecule has 0 bridgehead atoms. The Morgan fingerprint density at radius 2 is 1.86 bits per heavy atom. The number of halogens is 1. The zero-order valence-electron chi connectivity index (χ0n) is 25.5. The lowest BCUT2D eigenvalue weighted by Crippen LogP contribution is -2.48. The van der Waals surface area contributed by atoms with Gasteiger partial charge in [0.05, 0.1) is 23.6 Å². The first kappa shape index (κ1) is 28.7. The van der Waals surface area contributed by atoms with Gasteiger partial charge in [-0.15, -0.1) is 0 Å². The molecular weight excluding hydrogens is 559 g/mol. The van der Waals surface area contributed by atoms with E-state index >= 15 is 4.39 Å². The Balaban J connectivity index is 1.25. The summed E-state index contributed by atoms with van der Waals surface area (Å²) in [6, 6.07) is 3.77. The second-order valence-corrected chi connectivity index (χ2v) is 12.3. The van der Waals surface area contributed by atoms with Crippen molar-refractivity contribution in [1.82, 2.24) is 29.3 Å². The summed E-state index contributed by atoms with van der Waals surface area (Å²) in [5.41, 5.74) is 3.89. The fourth-order valence-electron chi connectivity index (χ4n) is 6.93. The van der Waals surface area contributed by atoms with Gasteiger partial charge in [0, 0.05) is 94.9 Å². The number of ether oxygens (including phenoxy) is 1. The van der Waals surface area contributed by atoms with Crippen LogP contribution in [0.25, 0.3) is 10.9 Å². The molecule has 7 rings (SSSR count). The number of pyridine rings is 2. The quantitative estimate of drug-likeness (QED) is 0.318. The van der Waals surface area contributed by atoms with Gasteiger partial charge in [0.25, 0.3) is 0 Å². The van der Waals surface area contributed by atoms with Crippen LogP contribution in [0.4, 0.5) is 15.9 Å². The van der Waals surface area contributed by atoms with Crippen molar-refractivity contribution < 1.29 is 9.13 Å². The molecule has 0 aliphatic carbocycles. The molecule has 1 atom stereocenters. The van der Waals surface area contributed by atoms with Crippen molar-refractivity contribution in [2.75, 3.05) is 62.7 Å². The molecule has 3 aliphatic rings. The predicted octanol–water partition coefficient (Wildman–Crippen LogP) is 3.45. The second kappa shape index (κ2) is 12.1. The highest BCUT2D eigenvalue weighted by atomic mass is 19.1. The summed E-state index contributed by atoms with van der Waals surface area (Å²) in [4.78, 5) is 36.3. The Morgan fingerprint density at radius 1 is 1.00 bits per heavy atom. The van der Waals surface area contributed by atoms with Crippen LogP contribution in [0.1, 0.15) is 29.5 Å². The van der Waals surface area contributed by atoms with E-state index in [1.807, 2.05) is 31.7 Å². The van der Waals surface area contributed by atoms with Gasteiger partial charge in [-0.05, 0) is 44.0 Å². The molecule has 3 aliphatic heterocycles. The first-order valence-corrected chi connectivity index (χ1v) is 15.5. The number of hydrogen-bond donors (Lipinski definition) is 0. The zero-order valence-corrected chi connectivity index (χ0v) is 25.5. The maximum atomic E-state index is 15.9. The van der Waals surface area contributed by atoms with Crippen LogP contribution in [0.15, 0.2) is 54.1 Å². The van der Waals surface area contributed by atoms with Crippen LogP contribution in [0.3, 0.4) is 0 Å². The molecule has 4 aromatic rings. The monoisotopic (exact) mass is 598 g/mol. The maximum absolute atomic E-state index is 15.9. The molecule has 0 spiro atoms. The predicted molar refractivity (Wildman–Crippen MR) is 169 cm³/mol. The molecule has 0 unspecified atom stereocenters. The van der Waals surface area contributed by atoms with Crippen molar-refractivity contribution in [3.63, 3.8) is 0 Å². The van der Waals surface area contributed by atoms with Crippen molar-refractivity contribution in [3.8, 4) is 5.75 Å². The average Bonchev–Trinajstić information content (AvgIpc) is 3.04. The van der Waals surface area contributed by atoms with Gasteiger partial charge in [-0.1, -0.05) is 6.07 Å². The van der Waals surface area contributed by atoms with Gasteiger partial charge < -0.3 is 24.0 Å². The molecule has 11 heteroatoms. The largest absolute Gasteiger partial charge is 0.487 e. The van der Waals surface area contributed by atoms with E-state index in [9.17, 15) is 4.79 Å². The van der Waals surface area contributed by atoms with Crippen LogP contribution in [-0.2, 0) is 19.6 Å². The van der Waals surface area contributed by atoms with Gasteiger partial charge in [-0.3, -0.25) is 19.7 Å². The molecule has 2 fully saturated rings. The molecule has 0 saturated carbocycles. The summed E-state index contributed by atoms with van der Waals surface area (Å²) < 4.78 is 24.1. The van der Waals surface area contributed by atoms with Crippen molar-refractivity contribution in [1.29, 1.82) is 0 Å². The molecule has 2 saturated heterocycles. The number of aromatic nitrogens is 4. The number of likely N-dealkylation sites (N-methyl/N-ethyl adjacent to an activating group) is 1. The molecule has 10 nitrogen and oxygen atoms in total. The third kappa shape index (κ3) is 5.61. The number of piperidine rings is 1. The molecule has 6 heterocycles. The van der Waals surface area contributed by atoms with E-state index < -0.39 is 5.82 Å². The fourth-order valence-corrected chi connectivity index (χ4v) is 6.93. The molecule has 3 aromatic heterocycles. The van der Waals surface area contributed by atoms with Gasteiger partial charge in [0.2, 0.25) is 0 Å². The molecular formula is C33H39FN8O2. The molecule has 0 N–H and O–H groups in total. The van der Waals surface area contributed by atoms with Crippen LogP contribution < -0.4 is 20.0 Å². The third-order valence-electron chi connectivity index (χ3n) is 9.19. The van der Waals surface area contributed by atoms with Gasteiger partial charge in [0.15, 0.2) is 17.0 Å². The number of piperazine rings is 1. The summed E-state index contributed by atoms with van der Waals surface area (Å²) in [6.07, 6.45) is 13.0. The minimum atomic E-state index is -0.394. The normalized spacial score (nSPS) is 19.0. The minimum Gasteiger partial charge on any atom is -0.487 e. The molecule has 0 amide bonds. The van der Waals surface area contributed by atoms with E-state index in [0.29, 0.717) is 67.2 Å². The SMILES string of the molecule is Cc1cncc(CN(Cc2cn3c4c(c(N5CCN(C)CC5)c(F)cc4c2=O)OCC3)[C@@H]2CCCN(c3cnccn3)C2)c1. The first-order valence-electron chi connectivity index (χ1n) is 15.5. The van der Waals surface area contributed by atoms with Crippen LogP contribution in [0.2, 0.25) is 0 Å². The number of aryl methyl sites for hydroxylation is 1. The summed E-state index contributed by atoms with van der Waals surface area (Å²) in [7, 11) is 2.08. The Labute approximate surface area is 256 Å². The van der Waals surface area contributed by atoms with Gasteiger partial charge in [-0.25, -0.2) is 9.37 Å². The van der Waals surface area contributed by atoms with Gasteiger partial charge in [-0.2, -0.15) is 0 Å². The smallest absolute Gasteiger partial charge is 0.194 e. The highest BCUT2D eigenvalue weighted by Crippen LogP contribution is 2.40. The van der Waals surface area contributed by atoms with E-state index in [-0.39, 0.29) is 11.5 Å². The van der Waals surface area contributed by atoms with Crippen LogP contribution in [0, 0.1) is 12.7 Å². The van der Waals surface area contributed by atoms with Crippen molar-refractivity contribution in [2.45, 2.75) is 45.4 Å². The fraction of sp³-hybridized carbons (Fsp3) is 0.455. The number of benzene rings is 1. The maximum Gasteiger partial charge on any atom is 0.194 e. The first-order chi connectivity index (χ1) is 21.4. The van der Waals surface area contributed by atoms with Gasteiger partial charge in [0.1, 0.15) is 18.1 Å². The molecule has 1 aromatic carbocycles. The van der Waals surface area contributed by atoms with Crippen molar-refractivity contribution in [2.24, 2.45) is 0 Å². The van der Waals surface area contributed by atoms with Crippen LogP contribution in [-0.4, -0.2) is 88.3 Å². The number of rotatable bonds is 7. The van der Waals surface area contributed by atoms with E-state index in [4.69, 9.17) is 4.74 Å². The Bertz CT molecular complexity index is 1710.